The molecule has 2 aromatic rings. The van der Waals surface area contributed by atoms with Gasteiger partial charge in [0.05, 0.1) is 6.10 Å². The average Bonchev–Trinajstić information content (AvgIpc) is 3.43. The molecule has 4 N–H and O–H groups in total. The number of carbonyl (C=O) groups is 1. The van der Waals surface area contributed by atoms with E-state index in [1.165, 1.54) is 18.5 Å². The Hall–Kier alpha value is -2.87. The van der Waals surface area contributed by atoms with Gasteiger partial charge in [-0.25, -0.2) is 4.98 Å². The highest BCUT2D eigenvalue weighted by atomic mass is 16.3. The smallest absolute Gasteiger partial charge is 0.256 e. The van der Waals surface area contributed by atoms with E-state index in [-0.39, 0.29) is 12.0 Å². The number of nitrogens with zero attached hydrogens (tertiary/aromatic N) is 3. The van der Waals surface area contributed by atoms with Gasteiger partial charge >= 0.3 is 0 Å². The number of unbranched alkanes of at least 4 members (excludes halogenated alkanes) is 1. The molecule has 4 rings (SSSR count). The summed E-state index contributed by atoms with van der Waals surface area (Å²) in [4.78, 5) is 24.5. The van der Waals surface area contributed by atoms with E-state index >= 15 is 0 Å². The number of carbonyl (C=O) groups excluding carboxylic acids is 1. The van der Waals surface area contributed by atoms with Gasteiger partial charge in [-0.15, -0.1) is 0 Å². The molecular formula is C27H40N6O2. The van der Waals surface area contributed by atoms with Crippen LogP contribution in [0, 0.1) is 5.92 Å². The van der Waals surface area contributed by atoms with E-state index in [9.17, 15) is 9.90 Å². The Labute approximate surface area is 208 Å². The molecule has 1 aliphatic heterocycles. The van der Waals surface area contributed by atoms with Crippen molar-refractivity contribution in [2.75, 3.05) is 41.7 Å². The van der Waals surface area contributed by atoms with Crippen molar-refractivity contribution < 1.29 is 9.90 Å². The molecule has 1 aromatic carbocycles. The van der Waals surface area contributed by atoms with Gasteiger partial charge in [-0.05, 0) is 68.6 Å². The normalized spacial score (nSPS) is 20.0. The lowest BCUT2D eigenvalue weighted by molar-refractivity contribution is 0.0951. The van der Waals surface area contributed by atoms with Crippen molar-refractivity contribution >= 4 is 23.4 Å². The number of hydrogen-bond acceptors (Lipinski definition) is 7. The molecule has 1 amide bonds. The van der Waals surface area contributed by atoms with Gasteiger partial charge < -0.3 is 26.0 Å². The highest BCUT2D eigenvalue weighted by Gasteiger charge is 2.21. The highest BCUT2D eigenvalue weighted by molar-refractivity contribution is 5.98. The quantitative estimate of drug-likeness (QED) is 0.358. The maximum Gasteiger partial charge on any atom is 0.256 e. The first-order chi connectivity index (χ1) is 17.1. The molecule has 2 fully saturated rings. The Morgan fingerprint density at radius 1 is 1.09 bits per heavy atom. The second kappa shape index (κ2) is 12.7. The third kappa shape index (κ3) is 7.31. The molecule has 0 atom stereocenters. The van der Waals surface area contributed by atoms with Crippen molar-refractivity contribution in [3.63, 3.8) is 0 Å². The molecule has 8 nitrogen and oxygen atoms in total. The van der Waals surface area contributed by atoms with Crippen LogP contribution in [0.1, 0.15) is 74.2 Å². The first kappa shape index (κ1) is 25.2. The number of hydrogen-bond donors (Lipinski definition) is 4. The lowest BCUT2D eigenvalue weighted by Crippen LogP contribution is -2.27. The summed E-state index contributed by atoms with van der Waals surface area (Å²) in [5.74, 6) is 1.38. The fraction of sp³-hybridized carbons (Fsp3) is 0.593. The van der Waals surface area contributed by atoms with Crippen LogP contribution >= 0.6 is 0 Å². The molecule has 2 heterocycles. The van der Waals surface area contributed by atoms with Crippen molar-refractivity contribution in [3.8, 4) is 0 Å². The summed E-state index contributed by atoms with van der Waals surface area (Å²) < 4.78 is 0. The minimum absolute atomic E-state index is 0.176. The van der Waals surface area contributed by atoms with Crippen LogP contribution in [-0.2, 0) is 6.54 Å². The maximum absolute atomic E-state index is 13.1. The van der Waals surface area contributed by atoms with Crippen molar-refractivity contribution in [3.05, 3.63) is 41.6 Å². The summed E-state index contributed by atoms with van der Waals surface area (Å²) in [5, 5.41) is 19.5. The minimum atomic E-state index is -0.185. The molecule has 35 heavy (non-hydrogen) atoms. The Balaban J connectivity index is 1.38. The van der Waals surface area contributed by atoms with Crippen LogP contribution in [0.2, 0.25) is 0 Å². The third-order valence-electron chi connectivity index (χ3n) is 7.08. The van der Waals surface area contributed by atoms with Crippen molar-refractivity contribution in [2.24, 2.45) is 5.92 Å². The molecule has 1 saturated heterocycles. The monoisotopic (exact) mass is 480 g/mol. The van der Waals surface area contributed by atoms with Crippen LogP contribution in [0.3, 0.4) is 0 Å². The number of benzene rings is 1. The summed E-state index contributed by atoms with van der Waals surface area (Å²) in [6.45, 7) is 6.37. The Morgan fingerprint density at radius 3 is 2.54 bits per heavy atom. The highest BCUT2D eigenvalue weighted by Crippen LogP contribution is 2.25. The minimum Gasteiger partial charge on any atom is -0.393 e. The Kier molecular flexibility index (Phi) is 9.17. The maximum atomic E-state index is 13.1. The van der Waals surface area contributed by atoms with Crippen molar-refractivity contribution in [1.82, 2.24) is 15.3 Å². The molecule has 0 unspecified atom stereocenters. The van der Waals surface area contributed by atoms with E-state index in [1.54, 1.807) is 6.20 Å². The number of aromatic nitrogens is 2. The van der Waals surface area contributed by atoms with Gasteiger partial charge in [0.1, 0.15) is 11.4 Å². The van der Waals surface area contributed by atoms with Gasteiger partial charge in [0.25, 0.3) is 5.91 Å². The van der Waals surface area contributed by atoms with E-state index < -0.39 is 0 Å². The molecule has 2 aliphatic rings. The van der Waals surface area contributed by atoms with Gasteiger partial charge in [0, 0.05) is 44.6 Å². The summed E-state index contributed by atoms with van der Waals surface area (Å²) in [6.07, 6.45) is 9.71. The van der Waals surface area contributed by atoms with Crippen LogP contribution in [0.25, 0.3) is 0 Å². The zero-order valence-electron chi connectivity index (χ0n) is 20.9. The fourth-order valence-corrected chi connectivity index (χ4v) is 4.81. The number of aliphatic hydroxyl groups excluding tert-OH is 1. The van der Waals surface area contributed by atoms with Gasteiger partial charge in [-0.2, -0.15) is 4.98 Å². The van der Waals surface area contributed by atoms with Gasteiger partial charge in [0.2, 0.25) is 5.95 Å². The summed E-state index contributed by atoms with van der Waals surface area (Å²) >= 11 is 0. The summed E-state index contributed by atoms with van der Waals surface area (Å²) in [5.41, 5.74) is 2.77. The second-order valence-electron chi connectivity index (χ2n) is 9.83. The molecule has 8 heteroatoms. The number of amides is 1. The summed E-state index contributed by atoms with van der Waals surface area (Å²) in [7, 11) is 0. The lowest BCUT2D eigenvalue weighted by Gasteiger charge is -2.26. The van der Waals surface area contributed by atoms with Gasteiger partial charge in [-0.1, -0.05) is 25.5 Å². The van der Waals surface area contributed by atoms with Crippen LogP contribution in [0.15, 0.2) is 30.5 Å². The van der Waals surface area contributed by atoms with E-state index in [0.717, 1.165) is 70.3 Å². The average molecular weight is 481 g/mol. The molecule has 1 aliphatic carbocycles. The van der Waals surface area contributed by atoms with Crippen molar-refractivity contribution in [1.29, 1.82) is 0 Å². The van der Waals surface area contributed by atoms with Gasteiger partial charge in [0.15, 0.2) is 0 Å². The predicted molar refractivity (Wildman–Crippen MR) is 141 cm³/mol. The van der Waals surface area contributed by atoms with E-state index in [2.05, 4.69) is 62.0 Å². The van der Waals surface area contributed by atoms with Crippen LogP contribution < -0.4 is 20.9 Å². The van der Waals surface area contributed by atoms with E-state index in [1.807, 2.05) is 0 Å². The molecular weight excluding hydrogens is 440 g/mol. The van der Waals surface area contributed by atoms with Crippen LogP contribution in [0.4, 0.5) is 17.5 Å². The molecule has 190 valence electrons. The molecule has 0 spiro atoms. The standard InChI is InChI=1S/C27H40N6O2/c1-2-3-14-28-27-31-19-24(25(32-27)29-17-21-8-12-23(34)13-9-21)26(35)30-18-20-6-10-22(11-7-20)33-15-4-5-16-33/h6-7,10-11,19,21,23,34H,2-5,8-9,12-18H2,1H3,(H,30,35)(H2,28,29,31,32). The summed E-state index contributed by atoms with van der Waals surface area (Å²) in [6, 6.07) is 8.45. The van der Waals surface area contributed by atoms with Gasteiger partial charge in [-0.3, -0.25) is 4.79 Å². The zero-order valence-corrected chi connectivity index (χ0v) is 20.9. The third-order valence-corrected chi connectivity index (χ3v) is 7.08. The number of nitrogens with one attached hydrogen (secondary N) is 3. The van der Waals surface area contributed by atoms with E-state index in [4.69, 9.17) is 0 Å². The second-order valence-corrected chi connectivity index (χ2v) is 9.83. The molecule has 0 radical (unpaired) electrons. The fourth-order valence-electron chi connectivity index (χ4n) is 4.81. The number of rotatable bonds is 11. The van der Waals surface area contributed by atoms with Crippen molar-refractivity contribution in [2.45, 2.75) is 70.9 Å². The Bertz CT molecular complexity index is 937. The number of aliphatic hydroxyl groups is 1. The topological polar surface area (TPSA) is 102 Å². The lowest BCUT2D eigenvalue weighted by atomic mass is 9.87. The van der Waals surface area contributed by atoms with E-state index in [0.29, 0.717) is 29.8 Å². The first-order valence-electron chi connectivity index (χ1n) is 13.3. The SMILES string of the molecule is CCCCNc1ncc(C(=O)NCc2ccc(N3CCCC3)cc2)c(NCC2CCC(O)CC2)n1. The largest absolute Gasteiger partial charge is 0.393 e. The molecule has 1 aromatic heterocycles. The first-order valence-corrected chi connectivity index (χ1v) is 13.3. The zero-order chi connectivity index (χ0) is 24.5. The molecule has 0 bridgehead atoms. The molecule has 1 saturated carbocycles. The van der Waals surface area contributed by atoms with Crippen LogP contribution in [-0.4, -0.2) is 53.3 Å². The number of anilines is 3. The van der Waals surface area contributed by atoms with Crippen LogP contribution in [0.5, 0.6) is 0 Å². The predicted octanol–water partition coefficient (Wildman–Crippen LogP) is 4.18. The Morgan fingerprint density at radius 2 is 1.83 bits per heavy atom.